The number of halogens is 1. The number of nitrogens with one attached hydrogen (secondary N) is 2. The number of amides is 2. The third-order valence-electron chi connectivity index (χ3n) is 4.33. The molecule has 0 aliphatic carbocycles. The second kappa shape index (κ2) is 7.28. The van der Waals surface area contributed by atoms with Gasteiger partial charge in [0.15, 0.2) is 10.8 Å². The molecule has 8 heteroatoms. The van der Waals surface area contributed by atoms with Gasteiger partial charge in [0.05, 0.1) is 6.54 Å². The van der Waals surface area contributed by atoms with Crippen LogP contribution in [0.2, 0.25) is 5.15 Å². The predicted molar refractivity (Wildman–Crippen MR) is 101 cm³/mol. The lowest BCUT2D eigenvalue weighted by molar-refractivity contribution is -0.116. The fourth-order valence-electron chi connectivity index (χ4n) is 3.04. The summed E-state index contributed by atoms with van der Waals surface area (Å²) < 4.78 is 7.35. The number of carbonyl (C=O) groups excluding carboxylic acids is 2. The standard InChI is InChI=1S/C19H17ClN4O3/c20-18-17(24-9-2-1-3-15(24)23-18)19(26)21-8-10-27-13-5-6-14-12(11-13)4-7-16(25)22-14/h1-3,5-6,9,11H,4,7-8,10H2,(H,21,26)(H,22,25). The molecule has 138 valence electrons. The number of hydrogen-bond acceptors (Lipinski definition) is 4. The maximum atomic E-state index is 12.4. The van der Waals surface area contributed by atoms with Gasteiger partial charge in [0.1, 0.15) is 18.0 Å². The fraction of sp³-hybridized carbons (Fsp3) is 0.211. The first-order chi connectivity index (χ1) is 13.1. The lowest BCUT2D eigenvalue weighted by Crippen LogP contribution is -2.29. The van der Waals surface area contributed by atoms with Crippen LogP contribution in [0.4, 0.5) is 5.69 Å². The second-order valence-electron chi connectivity index (χ2n) is 6.15. The van der Waals surface area contributed by atoms with Crippen molar-refractivity contribution in [2.24, 2.45) is 0 Å². The van der Waals surface area contributed by atoms with E-state index in [1.165, 1.54) is 0 Å². The third kappa shape index (κ3) is 3.59. The minimum absolute atomic E-state index is 0.0323. The summed E-state index contributed by atoms with van der Waals surface area (Å²) in [5.41, 5.74) is 2.80. The number of imidazole rings is 1. The van der Waals surface area contributed by atoms with E-state index in [9.17, 15) is 9.59 Å². The number of aromatic nitrogens is 2. The molecule has 1 aliphatic heterocycles. The molecule has 0 bridgehead atoms. The van der Waals surface area contributed by atoms with Crippen molar-refractivity contribution in [3.63, 3.8) is 0 Å². The Morgan fingerprint density at radius 3 is 3.07 bits per heavy atom. The topological polar surface area (TPSA) is 84.7 Å². The number of ether oxygens (including phenoxy) is 1. The lowest BCUT2D eigenvalue weighted by atomic mass is 10.0. The van der Waals surface area contributed by atoms with Gasteiger partial charge in [0, 0.05) is 18.3 Å². The number of hydrogen-bond donors (Lipinski definition) is 2. The maximum absolute atomic E-state index is 12.4. The highest BCUT2D eigenvalue weighted by atomic mass is 35.5. The van der Waals surface area contributed by atoms with Crippen LogP contribution in [0.3, 0.4) is 0 Å². The molecule has 3 aromatic rings. The van der Waals surface area contributed by atoms with Crippen LogP contribution < -0.4 is 15.4 Å². The summed E-state index contributed by atoms with van der Waals surface area (Å²) in [5, 5.41) is 5.79. The summed E-state index contributed by atoms with van der Waals surface area (Å²) in [6.45, 7) is 0.633. The van der Waals surface area contributed by atoms with Crippen molar-refractivity contribution in [1.29, 1.82) is 0 Å². The number of fused-ring (bicyclic) bond motifs is 2. The average Bonchev–Trinajstić information content (AvgIpc) is 3.01. The average molecular weight is 385 g/mol. The van der Waals surface area contributed by atoms with Crippen molar-refractivity contribution in [3.8, 4) is 5.75 Å². The van der Waals surface area contributed by atoms with Gasteiger partial charge in [-0.2, -0.15) is 0 Å². The molecule has 0 radical (unpaired) electrons. The zero-order chi connectivity index (χ0) is 18.8. The van der Waals surface area contributed by atoms with Crippen LogP contribution in [-0.2, 0) is 11.2 Å². The van der Waals surface area contributed by atoms with E-state index in [2.05, 4.69) is 15.6 Å². The van der Waals surface area contributed by atoms with E-state index in [1.807, 2.05) is 24.3 Å². The Kier molecular flexibility index (Phi) is 4.68. The molecule has 0 fully saturated rings. The van der Waals surface area contributed by atoms with Crippen molar-refractivity contribution in [2.75, 3.05) is 18.5 Å². The molecule has 0 saturated heterocycles. The molecule has 3 heterocycles. The number of rotatable bonds is 5. The second-order valence-corrected chi connectivity index (χ2v) is 6.51. The largest absolute Gasteiger partial charge is 0.492 e. The summed E-state index contributed by atoms with van der Waals surface area (Å²) >= 11 is 6.09. The highest BCUT2D eigenvalue weighted by molar-refractivity contribution is 6.32. The van der Waals surface area contributed by atoms with Crippen molar-refractivity contribution in [1.82, 2.24) is 14.7 Å². The highest BCUT2D eigenvalue weighted by Gasteiger charge is 2.18. The molecule has 1 aromatic carbocycles. The quantitative estimate of drug-likeness (QED) is 0.662. The van der Waals surface area contributed by atoms with E-state index in [4.69, 9.17) is 16.3 Å². The molecule has 0 saturated carbocycles. The minimum atomic E-state index is -0.310. The van der Waals surface area contributed by atoms with Crippen molar-refractivity contribution in [3.05, 3.63) is 59.0 Å². The maximum Gasteiger partial charge on any atom is 0.271 e. The van der Waals surface area contributed by atoms with Crippen LogP contribution in [0.15, 0.2) is 42.6 Å². The van der Waals surface area contributed by atoms with E-state index in [0.717, 1.165) is 11.3 Å². The molecular formula is C19H17ClN4O3. The van der Waals surface area contributed by atoms with Gasteiger partial charge in [-0.15, -0.1) is 0 Å². The number of nitrogens with zero attached hydrogens (tertiary/aromatic N) is 2. The van der Waals surface area contributed by atoms with Gasteiger partial charge in [-0.05, 0) is 42.3 Å². The predicted octanol–water partition coefficient (Wildman–Crippen LogP) is 2.68. The van der Waals surface area contributed by atoms with E-state index < -0.39 is 0 Å². The molecule has 2 N–H and O–H groups in total. The van der Waals surface area contributed by atoms with Crippen LogP contribution in [0.25, 0.3) is 5.65 Å². The number of benzene rings is 1. The zero-order valence-electron chi connectivity index (χ0n) is 14.4. The Morgan fingerprint density at radius 1 is 1.30 bits per heavy atom. The number of carbonyl (C=O) groups is 2. The van der Waals surface area contributed by atoms with Crippen molar-refractivity contribution in [2.45, 2.75) is 12.8 Å². The van der Waals surface area contributed by atoms with E-state index in [0.29, 0.717) is 43.1 Å². The van der Waals surface area contributed by atoms with Crippen LogP contribution >= 0.6 is 11.6 Å². The molecule has 7 nitrogen and oxygen atoms in total. The zero-order valence-corrected chi connectivity index (χ0v) is 15.1. The Morgan fingerprint density at radius 2 is 2.19 bits per heavy atom. The van der Waals surface area contributed by atoms with Crippen LogP contribution in [-0.4, -0.2) is 34.4 Å². The molecule has 0 atom stereocenters. The van der Waals surface area contributed by atoms with Gasteiger partial charge >= 0.3 is 0 Å². The van der Waals surface area contributed by atoms with Crippen molar-refractivity contribution < 1.29 is 14.3 Å². The van der Waals surface area contributed by atoms with Gasteiger partial charge in [0.2, 0.25) is 5.91 Å². The van der Waals surface area contributed by atoms with Crippen LogP contribution in [0, 0.1) is 0 Å². The third-order valence-corrected chi connectivity index (χ3v) is 4.59. The van der Waals surface area contributed by atoms with Gasteiger partial charge in [-0.25, -0.2) is 4.98 Å². The molecule has 0 unspecified atom stereocenters. The Labute approximate surface area is 160 Å². The molecule has 27 heavy (non-hydrogen) atoms. The Balaban J connectivity index is 1.34. The van der Waals surface area contributed by atoms with Crippen molar-refractivity contribution >= 4 is 34.7 Å². The summed E-state index contributed by atoms with van der Waals surface area (Å²) in [6.07, 6.45) is 2.92. The smallest absolute Gasteiger partial charge is 0.271 e. The number of pyridine rings is 1. The summed E-state index contributed by atoms with van der Waals surface area (Å²) in [4.78, 5) is 28.0. The Bertz CT molecular complexity index is 1030. The molecule has 1 aliphatic rings. The first-order valence-electron chi connectivity index (χ1n) is 8.58. The lowest BCUT2D eigenvalue weighted by Gasteiger charge is -2.17. The van der Waals surface area contributed by atoms with Gasteiger partial charge < -0.3 is 15.4 Å². The fourth-order valence-corrected chi connectivity index (χ4v) is 3.30. The van der Waals surface area contributed by atoms with E-state index in [-0.39, 0.29) is 17.0 Å². The molecule has 2 amide bonds. The molecule has 0 spiro atoms. The number of aryl methyl sites for hydroxylation is 1. The normalized spacial score (nSPS) is 13.1. The first-order valence-corrected chi connectivity index (χ1v) is 8.96. The van der Waals surface area contributed by atoms with E-state index in [1.54, 1.807) is 22.7 Å². The summed E-state index contributed by atoms with van der Waals surface area (Å²) in [7, 11) is 0. The Hall–Kier alpha value is -3.06. The molecular weight excluding hydrogens is 368 g/mol. The van der Waals surface area contributed by atoms with Gasteiger partial charge in [-0.1, -0.05) is 17.7 Å². The number of anilines is 1. The first kappa shape index (κ1) is 17.4. The summed E-state index contributed by atoms with van der Waals surface area (Å²) in [5.74, 6) is 0.423. The monoisotopic (exact) mass is 384 g/mol. The van der Waals surface area contributed by atoms with Crippen LogP contribution in [0.5, 0.6) is 5.75 Å². The molecule has 4 rings (SSSR count). The summed E-state index contributed by atoms with van der Waals surface area (Å²) in [6, 6.07) is 11.0. The van der Waals surface area contributed by atoms with Gasteiger partial charge in [0.25, 0.3) is 5.91 Å². The highest BCUT2D eigenvalue weighted by Crippen LogP contribution is 2.26. The SMILES string of the molecule is O=C1CCc2cc(OCCNC(=O)c3c(Cl)nc4ccccn34)ccc2N1. The van der Waals surface area contributed by atoms with Gasteiger partial charge in [-0.3, -0.25) is 14.0 Å². The van der Waals surface area contributed by atoms with E-state index >= 15 is 0 Å². The molecule has 2 aromatic heterocycles. The minimum Gasteiger partial charge on any atom is -0.492 e. The van der Waals surface area contributed by atoms with Crippen LogP contribution in [0.1, 0.15) is 22.5 Å².